The van der Waals surface area contributed by atoms with E-state index in [-0.39, 0.29) is 71.0 Å². The van der Waals surface area contributed by atoms with Crippen LogP contribution < -0.4 is 73.5 Å². The average molecular weight is 1770 g/mol. The number of rotatable bonds is 21. The fourth-order valence-electron chi connectivity index (χ4n) is 14.8. The summed E-state index contributed by atoms with van der Waals surface area (Å²) in [5, 5.41) is 139. The van der Waals surface area contributed by atoms with E-state index < -0.39 is 271 Å². The number of ether oxygens (including phenoxy) is 6. The van der Waals surface area contributed by atoms with E-state index in [1.165, 1.54) is 61.1 Å². The molecule has 38 nitrogen and oxygen atoms in total. The van der Waals surface area contributed by atoms with Crippen molar-refractivity contribution in [3.8, 4) is 57.1 Å². The number of aliphatic carboxylic acids is 1. The maximum absolute atomic E-state index is 16.2. The van der Waals surface area contributed by atoms with Gasteiger partial charge in [-0.1, -0.05) is 73.1 Å². The predicted molar refractivity (Wildman–Crippen MR) is 428 cm³/mol. The number of carbonyl (C=O) groups is 9. The van der Waals surface area contributed by atoms with Crippen molar-refractivity contribution in [2.24, 2.45) is 11.7 Å². The molecule has 656 valence electrons. The monoisotopic (exact) mass is 1770 g/mol. The summed E-state index contributed by atoms with van der Waals surface area (Å²) in [6.45, 7) is 5.39. The maximum Gasteiger partial charge on any atom is 0.349 e. The van der Waals surface area contributed by atoms with Crippen LogP contribution in [-0.2, 0) is 59.1 Å². The first kappa shape index (κ1) is 90.8. The average Bonchev–Trinajstić information content (AvgIpc) is 0.763. The van der Waals surface area contributed by atoms with Crippen molar-refractivity contribution in [2.45, 2.75) is 173 Å². The van der Waals surface area contributed by atoms with Crippen molar-refractivity contribution in [1.29, 1.82) is 0 Å². The Morgan fingerprint density at radius 2 is 1.39 bits per heavy atom. The van der Waals surface area contributed by atoms with Gasteiger partial charge < -0.3 is 133 Å². The summed E-state index contributed by atoms with van der Waals surface area (Å²) in [6.07, 6.45) is -18.5. The molecule has 7 aliphatic rings. The second-order valence-corrected chi connectivity index (χ2v) is 32.1. The van der Waals surface area contributed by atoms with Crippen LogP contribution in [0.3, 0.4) is 0 Å². The van der Waals surface area contributed by atoms with E-state index in [4.69, 9.17) is 57.4 Å². The van der Waals surface area contributed by atoms with Crippen LogP contribution in [0.1, 0.15) is 115 Å². The van der Waals surface area contributed by atoms with Crippen LogP contribution >= 0.6 is 35.0 Å². The first-order valence-electron chi connectivity index (χ1n) is 38.2. The molecule has 21 N–H and O–H groups in total. The lowest BCUT2D eigenvalue weighted by molar-refractivity contribution is -0.334. The number of likely N-dealkylation sites (N-methyl/N-ethyl adjacent to an activating group) is 1. The fraction of sp³-hybridized carbons (Fsp3) is 0.388. The van der Waals surface area contributed by atoms with Gasteiger partial charge in [-0.15, -0.1) is 0 Å². The van der Waals surface area contributed by atoms with E-state index >= 15 is 14.4 Å². The number of nitrogens with zero attached hydrogens (tertiary/aromatic N) is 2. The zero-order chi connectivity index (χ0) is 89.1. The van der Waals surface area contributed by atoms with Gasteiger partial charge >= 0.3 is 11.7 Å². The standard InChI is InChI=1S/C80H86Cl2F2N12O26S/c1-31(2)19-44(86-5)70(108)94-60-62(102)34-10-13-48(42(81)22-34)118-50-24-37-25-51(66(50)122-77-67(65(105)64(104)52(30-97)120-77)121-55-29-80(4,68(106)32(3)117-55)87-16-18-96-17-15-54(90-79(96)116)89-69(107)36-7-6-8-39(20-36)123-78(83)84)119-49-14-11-35(23-43(49)82)63(103)61-75(113)93-59(76(114)115)41-26-38(98)27-47(100)56(41)40-21-33(9-12-46(40)99)57(72(110)95-61)92-73(111)58(37)91-71(109)45(28-53(85)101)88-74(60)112/h6-15,17,20-27,31-32,44-45,52,55,57-65,67-68,77-78,86-87,97-100,102-106H,16,18-19,28-30H2,1-5H3,(H2,85,101)(H,88,112)(H,91,109)(H,92,111)(H,93,113)(H,94,108)(H,95,110)(H,114,115)(H,89,90,107,116)/t32-,44+,45-,52+,55-,57+,58?,59+,60+,61-,62+,63+,64+,65-,67+,68+,77?,80-/m0/s1. The fourth-order valence-corrected chi connectivity index (χ4v) is 15.8. The summed E-state index contributed by atoms with van der Waals surface area (Å²) in [5.74, 6) is -20.3. The second kappa shape index (κ2) is 38.1. The van der Waals surface area contributed by atoms with Gasteiger partial charge in [-0.3, -0.25) is 42.9 Å². The second-order valence-electron chi connectivity index (χ2n) is 30.2. The van der Waals surface area contributed by atoms with Crippen LogP contribution in [0.15, 0.2) is 125 Å². The Morgan fingerprint density at radius 1 is 0.740 bits per heavy atom. The van der Waals surface area contributed by atoms with E-state index in [0.717, 1.165) is 72.8 Å². The van der Waals surface area contributed by atoms with E-state index in [9.17, 15) is 93.4 Å². The van der Waals surface area contributed by atoms with Crippen molar-refractivity contribution in [1.82, 2.24) is 52.1 Å². The Hall–Kier alpha value is -11.4. The predicted octanol–water partition coefficient (Wildman–Crippen LogP) is 2.56. The number of aliphatic hydroxyl groups is 6. The van der Waals surface area contributed by atoms with Crippen molar-refractivity contribution in [2.75, 3.05) is 25.5 Å². The van der Waals surface area contributed by atoms with Crippen LogP contribution in [0, 0.1) is 5.92 Å². The summed E-state index contributed by atoms with van der Waals surface area (Å²) in [4.78, 5) is 149. The van der Waals surface area contributed by atoms with Gasteiger partial charge in [0, 0.05) is 64.5 Å². The van der Waals surface area contributed by atoms with Gasteiger partial charge in [-0.2, -0.15) is 13.8 Å². The SMILES string of the molecule is CN[C@H](CC(C)C)C(=O)N[C@H]1C(=O)N[C@@H](CC(N)=O)C(=O)NC2C(=O)N[C@H]3C(=O)N[C@H](C(=O)N[C@@H](C(=O)O)c4cc(O)cc(O)c4-c4cc3ccc4O)[C@H](O)c3ccc(c(Cl)c3)Oc3cc2cc(c3OC2O[C@H](CO)[C@@H](O)[C@H](O)[C@H]2O[C@H]2C[C@](C)(NCCn3ccc(NC(=O)c4cccc(SC(F)F)c4)nc3=O)[C@H](O)[C@H](C)O2)Oc2ccc(cc2Cl)[C@H]1O. The first-order chi connectivity index (χ1) is 58.3. The molecule has 11 bridgehead atoms. The molecular formula is C80H86Cl2F2N12O26S. The van der Waals surface area contributed by atoms with Crippen molar-refractivity contribution < 1.29 is 131 Å². The smallest absolute Gasteiger partial charge is 0.349 e. The molecule has 6 aromatic carbocycles. The molecule has 0 saturated carbocycles. The Bertz CT molecular complexity index is 5320. The molecule has 123 heavy (non-hydrogen) atoms. The molecule has 7 aliphatic heterocycles. The van der Waals surface area contributed by atoms with Crippen LogP contribution in [0.2, 0.25) is 10.0 Å². The van der Waals surface area contributed by atoms with Crippen LogP contribution in [-0.4, -0.2) is 219 Å². The molecule has 2 saturated heterocycles. The number of fused-ring (bicyclic) bond motifs is 15. The number of hydrogen-bond donors (Lipinski definition) is 20. The summed E-state index contributed by atoms with van der Waals surface area (Å²) in [6, 6.07) is 5.42. The number of alkyl halides is 2. The number of phenolic OH excluding ortho intramolecular Hbond substituents is 3. The molecule has 2 fully saturated rings. The highest BCUT2D eigenvalue weighted by molar-refractivity contribution is 7.99. The molecule has 7 aromatic rings. The number of amides is 8. The van der Waals surface area contributed by atoms with Gasteiger partial charge in [0.2, 0.25) is 53.4 Å². The third-order valence-electron chi connectivity index (χ3n) is 21.1. The Kier molecular flexibility index (Phi) is 28.2. The highest BCUT2D eigenvalue weighted by Crippen LogP contribution is 2.50. The molecule has 43 heteroatoms. The minimum atomic E-state index is -2.75. The number of nitrogens with one attached hydrogen (secondary N) is 9. The minimum absolute atomic E-state index is 0.00893. The van der Waals surface area contributed by atoms with Crippen molar-refractivity contribution in [3.05, 3.63) is 169 Å². The third-order valence-corrected chi connectivity index (χ3v) is 22.3. The molecule has 0 aliphatic carbocycles. The number of benzene rings is 6. The summed E-state index contributed by atoms with van der Waals surface area (Å²) < 4.78 is 66.6. The molecule has 8 amide bonds. The summed E-state index contributed by atoms with van der Waals surface area (Å²) in [5.41, 5.74) is 0.423. The topological polar surface area (TPSA) is 580 Å². The molecule has 1 aromatic heterocycles. The number of primary amides is 1. The number of carboxylic acids is 1. The Balaban J connectivity index is 0.990. The highest BCUT2D eigenvalue weighted by atomic mass is 35.5. The summed E-state index contributed by atoms with van der Waals surface area (Å²) >= 11 is 14.5. The lowest BCUT2D eigenvalue weighted by atomic mass is 9.85. The molecule has 0 radical (unpaired) electrons. The quantitative estimate of drug-likeness (QED) is 0.0460. The lowest BCUT2D eigenvalue weighted by Gasteiger charge is -2.48. The number of anilines is 1. The normalized spacial score (nSPS) is 26.2. The van der Waals surface area contributed by atoms with Gasteiger partial charge in [0.25, 0.3) is 11.7 Å². The third kappa shape index (κ3) is 20.4. The number of aromatic hydroxyl groups is 3. The number of aromatic nitrogens is 2. The van der Waals surface area contributed by atoms with Crippen LogP contribution in [0.25, 0.3) is 11.1 Å². The van der Waals surface area contributed by atoms with Gasteiger partial charge in [-0.05, 0) is 134 Å². The Labute approximate surface area is 711 Å². The molecular weight excluding hydrogens is 1690 g/mol. The number of carboxylic acid groups (broad SMARTS) is 1. The molecule has 18 atom stereocenters. The van der Waals surface area contributed by atoms with Crippen molar-refractivity contribution in [3.63, 3.8) is 0 Å². The number of halogens is 4. The van der Waals surface area contributed by atoms with Crippen LogP contribution in [0.4, 0.5) is 14.6 Å². The largest absolute Gasteiger partial charge is 0.508 e. The molecule has 2 unspecified atom stereocenters. The number of thioether (sulfide) groups is 1. The number of nitrogens with two attached hydrogens (primary N) is 1. The summed E-state index contributed by atoms with van der Waals surface area (Å²) in [7, 11) is 1.46. The first-order valence-corrected chi connectivity index (χ1v) is 39.8. The zero-order valence-electron chi connectivity index (χ0n) is 65.6. The highest BCUT2D eigenvalue weighted by Gasteiger charge is 2.52. The van der Waals surface area contributed by atoms with Gasteiger partial charge in [0.15, 0.2) is 29.9 Å². The number of phenols is 3. The number of hydrogen-bond acceptors (Lipinski definition) is 29. The minimum Gasteiger partial charge on any atom is -0.508 e. The number of carbonyl (C=O) groups excluding carboxylic acids is 8. The lowest BCUT2D eigenvalue weighted by Crippen LogP contribution is -2.65. The molecule has 0 spiro atoms. The zero-order valence-corrected chi connectivity index (χ0v) is 67.9. The maximum atomic E-state index is 16.2. The molecule has 8 heterocycles. The number of aliphatic hydroxyl groups excluding tert-OH is 6. The van der Waals surface area contributed by atoms with Gasteiger partial charge in [0.1, 0.15) is 95.3 Å². The van der Waals surface area contributed by atoms with Crippen LogP contribution in [0.5, 0.6) is 46.0 Å². The van der Waals surface area contributed by atoms with Gasteiger partial charge in [0.05, 0.1) is 41.3 Å². The van der Waals surface area contributed by atoms with E-state index in [0.29, 0.717) is 0 Å². The van der Waals surface area contributed by atoms with Crippen molar-refractivity contribution >= 4 is 94.0 Å². The molecule has 14 rings (SSSR count). The Morgan fingerprint density at radius 3 is 2.02 bits per heavy atom. The van der Waals surface area contributed by atoms with Gasteiger partial charge in [-0.25, -0.2) is 9.59 Å². The van der Waals surface area contributed by atoms with E-state index in [1.54, 1.807) is 20.8 Å². The van der Waals surface area contributed by atoms with E-state index in [2.05, 4.69) is 52.8 Å². The van der Waals surface area contributed by atoms with E-state index in [1.807, 2.05) is 0 Å².